The zero-order valence-electron chi connectivity index (χ0n) is 8.69. The average molecular weight is 244 g/mol. The second kappa shape index (κ2) is 3.93. The molecule has 1 aliphatic heterocycles. The van der Waals surface area contributed by atoms with Crippen molar-refractivity contribution >= 4 is 21.2 Å². The third kappa shape index (κ3) is 2.27. The molecule has 0 unspecified atom stereocenters. The summed E-state index contributed by atoms with van der Waals surface area (Å²) in [7, 11) is -2.90. The molecule has 16 heavy (non-hydrogen) atoms. The molecule has 0 saturated carbocycles. The lowest BCUT2D eigenvalue weighted by atomic mass is 10.2. The van der Waals surface area contributed by atoms with Crippen LogP contribution in [0.15, 0.2) is 18.2 Å². The molecule has 0 bridgehead atoms. The molecule has 1 heterocycles. The lowest BCUT2D eigenvalue weighted by Gasteiger charge is -2.29. The Balaban J connectivity index is 2.20. The fourth-order valence-electron chi connectivity index (χ4n) is 1.77. The van der Waals surface area contributed by atoms with Gasteiger partial charge in [0.05, 0.1) is 22.9 Å². The Bertz CT molecular complexity index is 488. The van der Waals surface area contributed by atoms with Crippen LogP contribution in [0.3, 0.4) is 0 Å². The summed E-state index contributed by atoms with van der Waals surface area (Å²) in [4.78, 5) is 1.87. The summed E-state index contributed by atoms with van der Waals surface area (Å²) < 4.78 is 35.3. The van der Waals surface area contributed by atoms with E-state index in [2.05, 4.69) is 0 Å². The smallest absolute Gasteiger partial charge is 0.153 e. The van der Waals surface area contributed by atoms with Crippen molar-refractivity contribution in [2.24, 2.45) is 0 Å². The number of sulfone groups is 1. The maximum Gasteiger partial charge on any atom is 0.153 e. The van der Waals surface area contributed by atoms with Crippen LogP contribution < -0.4 is 10.6 Å². The summed E-state index contributed by atoms with van der Waals surface area (Å²) in [5.74, 6) is -0.126. The van der Waals surface area contributed by atoms with E-state index in [1.807, 2.05) is 4.90 Å². The highest BCUT2D eigenvalue weighted by molar-refractivity contribution is 7.91. The molecule has 0 radical (unpaired) electrons. The predicted octanol–water partition coefficient (Wildman–Crippen LogP) is 0.643. The van der Waals surface area contributed by atoms with Crippen LogP contribution in [0.5, 0.6) is 0 Å². The van der Waals surface area contributed by atoms with Gasteiger partial charge in [0.2, 0.25) is 0 Å². The Morgan fingerprint density at radius 2 is 1.88 bits per heavy atom. The van der Waals surface area contributed by atoms with Crippen molar-refractivity contribution in [2.45, 2.75) is 0 Å². The molecular weight excluding hydrogens is 231 g/mol. The summed E-state index contributed by atoms with van der Waals surface area (Å²) in [6.07, 6.45) is 0. The normalized spacial score (nSPS) is 19.7. The minimum Gasteiger partial charge on any atom is -0.397 e. The average Bonchev–Trinajstić information content (AvgIpc) is 2.19. The lowest BCUT2D eigenvalue weighted by molar-refractivity contribution is 0.586. The monoisotopic (exact) mass is 244 g/mol. The molecule has 4 nitrogen and oxygen atoms in total. The Hall–Kier alpha value is -1.30. The molecule has 1 aromatic rings. The highest BCUT2D eigenvalue weighted by Crippen LogP contribution is 2.25. The Labute approximate surface area is 93.8 Å². The van der Waals surface area contributed by atoms with Crippen LogP contribution >= 0.6 is 0 Å². The molecular formula is C10H13FN2O2S. The van der Waals surface area contributed by atoms with Crippen LogP contribution in [0.25, 0.3) is 0 Å². The fourth-order valence-corrected chi connectivity index (χ4v) is 2.97. The van der Waals surface area contributed by atoms with E-state index >= 15 is 0 Å². The van der Waals surface area contributed by atoms with E-state index in [0.29, 0.717) is 24.5 Å². The predicted molar refractivity (Wildman–Crippen MR) is 61.7 cm³/mol. The van der Waals surface area contributed by atoms with Gasteiger partial charge in [0.15, 0.2) is 9.84 Å². The van der Waals surface area contributed by atoms with E-state index in [1.54, 1.807) is 6.07 Å². The van der Waals surface area contributed by atoms with Crippen molar-refractivity contribution in [3.05, 3.63) is 24.0 Å². The van der Waals surface area contributed by atoms with Crippen LogP contribution in [-0.2, 0) is 9.84 Å². The first kappa shape index (κ1) is 11.2. The third-order valence-corrected chi connectivity index (χ3v) is 4.28. The largest absolute Gasteiger partial charge is 0.397 e. The van der Waals surface area contributed by atoms with Crippen LogP contribution in [0, 0.1) is 5.82 Å². The maximum absolute atomic E-state index is 12.8. The van der Waals surface area contributed by atoms with Crippen LogP contribution in [0.4, 0.5) is 15.8 Å². The van der Waals surface area contributed by atoms with Gasteiger partial charge in [0, 0.05) is 13.1 Å². The topological polar surface area (TPSA) is 63.4 Å². The van der Waals surface area contributed by atoms with Gasteiger partial charge in [0.1, 0.15) is 5.82 Å². The molecule has 2 rings (SSSR count). The van der Waals surface area contributed by atoms with Gasteiger partial charge in [-0.05, 0) is 18.2 Å². The number of nitrogen functional groups attached to an aromatic ring is 1. The van der Waals surface area contributed by atoms with E-state index in [-0.39, 0.29) is 17.3 Å². The van der Waals surface area contributed by atoms with Crippen molar-refractivity contribution in [1.29, 1.82) is 0 Å². The molecule has 1 aliphatic rings. The van der Waals surface area contributed by atoms with Crippen molar-refractivity contribution in [2.75, 3.05) is 35.2 Å². The fraction of sp³-hybridized carbons (Fsp3) is 0.400. The number of rotatable bonds is 1. The van der Waals surface area contributed by atoms with E-state index in [0.717, 1.165) is 0 Å². The zero-order valence-corrected chi connectivity index (χ0v) is 9.50. The molecule has 1 aromatic carbocycles. The van der Waals surface area contributed by atoms with E-state index in [9.17, 15) is 12.8 Å². The highest BCUT2D eigenvalue weighted by atomic mass is 32.2. The van der Waals surface area contributed by atoms with Crippen LogP contribution in [0.1, 0.15) is 0 Å². The Kier molecular flexibility index (Phi) is 2.75. The number of nitrogens with two attached hydrogens (primary N) is 1. The standard InChI is InChI=1S/C10H13FN2O2S/c11-8-1-2-10(9(12)7-8)13-3-5-16(14,15)6-4-13/h1-2,7H,3-6,12H2. The first-order valence-corrected chi connectivity index (χ1v) is 6.80. The SMILES string of the molecule is Nc1cc(F)ccc1N1CCS(=O)(=O)CC1. The maximum atomic E-state index is 12.8. The summed E-state index contributed by atoms with van der Waals surface area (Å²) in [6, 6.07) is 4.16. The van der Waals surface area contributed by atoms with Crippen molar-refractivity contribution in [3.63, 3.8) is 0 Å². The molecule has 0 aromatic heterocycles. The van der Waals surface area contributed by atoms with E-state index < -0.39 is 9.84 Å². The Morgan fingerprint density at radius 3 is 2.44 bits per heavy atom. The molecule has 88 valence electrons. The number of halogens is 1. The molecule has 2 N–H and O–H groups in total. The summed E-state index contributed by atoms with van der Waals surface area (Å²) in [6.45, 7) is 0.830. The van der Waals surface area contributed by atoms with Gasteiger partial charge in [-0.2, -0.15) is 0 Å². The first-order valence-electron chi connectivity index (χ1n) is 4.98. The van der Waals surface area contributed by atoms with Gasteiger partial charge in [-0.25, -0.2) is 12.8 Å². The molecule has 0 spiro atoms. The number of hydrogen-bond donors (Lipinski definition) is 1. The van der Waals surface area contributed by atoms with Gasteiger partial charge < -0.3 is 10.6 Å². The molecule has 1 saturated heterocycles. The number of hydrogen-bond acceptors (Lipinski definition) is 4. The molecule has 0 amide bonds. The minimum atomic E-state index is -2.90. The molecule has 6 heteroatoms. The van der Waals surface area contributed by atoms with E-state index in [4.69, 9.17) is 5.73 Å². The third-order valence-electron chi connectivity index (χ3n) is 2.67. The second-order valence-corrected chi connectivity index (χ2v) is 6.15. The number of anilines is 2. The minimum absolute atomic E-state index is 0.129. The molecule has 0 atom stereocenters. The van der Waals surface area contributed by atoms with Crippen molar-refractivity contribution in [3.8, 4) is 0 Å². The molecule has 1 fully saturated rings. The summed E-state index contributed by atoms with van der Waals surface area (Å²) in [5.41, 5.74) is 6.74. The van der Waals surface area contributed by atoms with Gasteiger partial charge in [-0.15, -0.1) is 0 Å². The van der Waals surface area contributed by atoms with Gasteiger partial charge in [-0.1, -0.05) is 0 Å². The van der Waals surface area contributed by atoms with Crippen LogP contribution in [-0.4, -0.2) is 33.0 Å². The van der Waals surface area contributed by atoms with Gasteiger partial charge in [-0.3, -0.25) is 0 Å². The quantitative estimate of drug-likeness (QED) is 0.736. The summed E-state index contributed by atoms with van der Waals surface area (Å²) >= 11 is 0. The lowest BCUT2D eigenvalue weighted by Crippen LogP contribution is -2.40. The molecule has 0 aliphatic carbocycles. The first-order chi connectivity index (χ1) is 7.48. The zero-order chi connectivity index (χ0) is 11.8. The number of benzene rings is 1. The number of nitrogens with zero attached hydrogens (tertiary/aromatic N) is 1. The van der Waals surface area contributed by atoms with E-state index in [1.165, 1.54) is 12.1 Å². The van der Waals surface area contributed by atoms with Crippen LogP contribution in [0.2, 0.25) is 0 Å². The summed E-state index contributed by atoms with van der Waals surface area (Å²) in [5, 5.41) is 0. The van der Waals surface area contributed by atoms with Gasteiger partial charge >= 0.3 is 0 Å². The highest BCUT2D eigenvalue weighted by Gasteiger charge is 2.22. The van der Waals surface area contributed by atoms with Gasteiger partial charge in [0.25, 0.3) is 0 Å². The van der Waals surface area contributed by atoms with Crippen molar-refractivity contribution in [1.82, 2.24) is 0 Å². The van der Waals surface area contributed by atoms with Crippen molar-refractivity contribution < 1.29 is 12.8 Å². The Morgan fingerprint density at radius 1 is 1.25 bits per heavy atom. The second-order valence-electron chi connectivity index (χ2n) is 3.84.